The van der Waals surface area contributed by atoms with Gasteiger partial charge in [0.2, 0.25) is 0 Å². The van der Waals surface area contributed by atoms with Crippen molar-refractivity contribution >= 4 is 17.4 Å². The first-order valence-electron chi connectivity index (χ1n) is 6.99. The zero-order chi connectivity index (χ0) is 13.9. The van der Waals surface area contributed by atoms with Gasteiger partial charge in [0.25, 0.3) is 0 Å². The van der Waals surface area contributed by atoms with E-state index in [0.717, 1.165) is 31.7 Å². The second-order valence-electron chi connectivity index (χ2n) is 5.37. The highest BCUT2D eigenvalue weighted by Crippen LogP contribution is 2.33. The van der Waals surface area contributed by atoms with E-state index in [1.165, 1.54) is 16.1 Å². The van der Waals surface area contributed by atoms with Crippen LogP contribution in [0.1, 0.15) is 32.3 Å². The summed E-state index contributed by atoms with van der Waals surface area (Å²) >= 11 is 1.85. The first kappa shape index (κ1) is 14.7. The fourth-order valence-electron chi connectivity index (χ4n) is 2.58. The third-order valence-corrected chi connectivity index (χ3v) is 4.78. The molecule has 1 aromatic carbocycles. The van der Waals surface area contributed by atoms with Crippen molar-refractivity contribution in [1.29, 1.82) is 0 Å². The lowest BCUT2D eigenvalue weighted by Gasteiger charge is -2.38. The molecule has 1 aliphatic heterocycles. The number of nitrogens with two attached hydrogens (primary N) is 1. The molecule has 106 valence electrons. The first-order chi connectivity index (χ1) is 9.07. The zero-order valence-electron chi connectivity index (χ0n) is 11.9. The number of hydrogen-bond donors (Lipinski definition) is 2. The Morgan fingerprint density at radius 3 is 2.63 bits per heavy atom. The zero-order valence-corrected chi connectivity index (χ0v) is 12.7. The minimum atomic E-state index is -0.505. The number of rotatable bonds is 4. The van der Waals surface area contributed by atoms with Crippen molar-refractivity contribution in [2.45, 2.75) is 43.7 Å². The van der Waals surface area contributed by atoms with Crippen molar-refractivity contribution in [3.63, 3.8) is 0 Å². The molecular formula is C15H24N2OS. The van der Waals surface area contributed by atoms with E-state index >= 15 is 0 Å². The van der Waals surface area contributed by atoms with Crippen LogP contribution >= 0.6 is 11.8 Å². The molecular weight excluding hydrogens is 256 g/mol. The van der Waals surface area contributed by atoms with Crippen LogP contribution in [0.2, 0.25) is 0 Å². The molecule has 1 saturated heterocycles. The van der Waals surface area contributed by atoms with E-state index in [4.69, 9.17) is 5.73 Å². The van der Waals surface area contributed by atoms with Crippen molar-refractivity contribution in [2.24, 2.45) is 5.73 Å². The van der Waals surface area contributed by atoms with Crippen molar-refractivity contribution in [3.8, 4) is 0 Å². The monoisotopic (exact) mass is 280 g/mol. The largest absolute Gasteiger partial charge is 0.390 e. The number of anilines is 1. The van der Waals surface area contributed by atoms with E-state index in [1.807, 2.05) is 18.7 Å². The molecule has 0 aliphatic carbocycles. The highest BCUT2D eigenvalue weighted by molar-refractivity contribution is 7.99. The first-order valence-corrected chi connectivity index (χ1v) is 7.98. The number of hydrogen-bond acceptors (Lipinski definition) is 4. The number of piperidine rings is 1. The predicted molar refractivity (Wildman–Crippen MR) is 82.8 cm³/mol. The van der Waals surface area contributed by atoms with Gasteiger partial charge in [0.15, 0.2) is 0 Å². The van der Waals surface area contributed by atoms with Gasteiger partial charge in [-0.15, -0.1) is 11.8 Å². The SMILES string of the molecule is CCSc1cccc(N2CCC(C)(O)CC2)c1CN. The summed E-state index contributed by atoms with van der Waals surface area (Å²) in [6, 6.07) is 6.42. The molecule has 3 N–H and O–H groups in total. The van der Waals surface area contributed by atoms with E-state index in [0.29, 0.717) is 6.54 Å². The summed E-state index contributed by atoms with van der Waals surface area (Å²) in [6.07, 6.45) is 1.64. The Morgan fingerprint density at radius 2 is 2.05 bits per heavy atom. The van der Waals surface area contributed by atoms with E-state index in [1.54, 1.807) is 0 Å². The Kier molecular flexibility index (Phi) is 4.76. The molecule has 4 heteroatoms. The lowest BCUT2D eigenvalue weighted by molar-refractivity contribution is 0.0351. The van der Waals surface area contributed by atoms with Gasteiger partial charge >= 0.3 is 0 Å². The molecule has 0 radical (unpaired) electrons. The molecule has 0 amide bonds. The average molecular weight is 280 g/mol. The molecule has 0 atom stereocenters. The minimum absolute atomic E-state index is 0.505. The Morgan fingerprint density at radius 1 is 1.37 bits per heavy atom. The Balaban J connectivity index is 2.22. The van der Waals surface area contributed by atoms with Gasteiger partial charge in [-0.25, -0.2) is 0 Å². The maximum absolute atomic E-state index is 10.0. The molecule has 0 spiro atoms. The molecule has 0 saturated carbocycles. The molecule has 3 nitrogen and oxygen atoms in total. The topological polar surface area (TPSA) is 49.5 Å². The van der Waals surface area contributed by atoms with Crippen LogP contribution < -0.4 is 10.6 Å². The van der Waals surface area contributed by atoms with E-state index in [2.05, 4.69) is 30.0 Å². The van der Waals surface area contributed by atoms with Crippen LogP contribution in [0, 0.1) is 0 Å². The van der Waals surface area contributed by atoms with E-state index in [9.17, 15) is 5.11 Å². The highest BCUT2D eigenvalue weighted by Gasteiger charge is 2.28. The number of nitrogens with zero attached hydrogens (tertiary/aromatic N) is 1. The molecule has 0 bridgehead atoms. The summed E-state index contributed by atoms with van der Waals surface area (Å²) < 4.78 is 0. The van der Waals surface area contributed by atoms with Crippen LogP contribution in [0.3, 0.4) is 0 Å². The molecule has 0 aromatic heterocycles. The number of thioether (sulfide) groups is 1. The van der Waals surface area contributed by atoms with Gasteiger partial charge < -0.3 is 15.7 Å². The van der Waals surface area contributed by atoms with E-state index in [-0.39, 0.29) is 0 Å². The molecule has 0 unspecified atom stereocenters. The van der Waals surface area contributed by atoms with Crippen LogP contribution in [0.15, 0.2) is 23.1 Å². The van der Waals surface area contributed by atoms with E-state index < -0.39 is 5.60 Å². The van der Waals surface area contributed by atoms with Crippen LogP contribution in [0.5, 0.6) is 0 Å². The standard InChI is InChI=1S/C15H24N2OS/c1-3-19-14-6-4-5-13(12(14)11-16)17-9-7-15(2,18)8-10-17/h4-6,18H,3,7-11,16H2,1-2H3. The maximum atomic E-state index is 10.0. The quantitative estimate of drug-likeness (QED) is 0.832. The lowest BCUT2D eigenvalue weighted by atomic mass is 9.93. The minimum Gasteiger partial charge on any atom is -0.390 e. The predicted octanol–water partition coefficient (Wildman–Crippen LogP) is 2.61. The molecule has 1 heterocycles. The Labute approximate surface area is 120 Å². The summed E-state index contributed by atoms with van der Waals surface area (Å²) in [4.78, 5) is 3.65. The fourth-order valence-corrected chi connectivity index (χ4v) is 3.42. The summed E-state index contributed by atoms with van der Waals surface area (Å²) in [5.74, 6) is 1.06. The van der Waals surface area contributed by atoms with Crippen molar-refractivity contribution in [1.82, 2.24) is 0 Å². The molecule has 1 fully saturated rings. The van der Waals surface area contributed by atoms with Crippen LogP contribution in [0.25, 0.3) is 0 Å². The molecule has 1 aliphatic rings. The summed E-state index contributed by atoms with van der Waals surface area (Å²) in [7, 11) is 0. The van der Waals surface area contributed by atoms with Gasteiger partial charge in [-0.1, -0.05) is 13.0 Å². The number of aliphatic hydroxyl groups is 1. The molecule has 19 heavy (non-hydrogen) atoms. The lowest BCUT2D eigenvalue weighted by Crippen LogP contribution is -2.42. The van der Waals surface area contributed by atoms with Gasteiger partial charge in [0, 0.05) is 35.8 Å². The summed E-state index contributed by atoms with van der Waals surface area (Å²) in [6.45, 7) is 6.47. The Bertz CT molecular complexity index is 424. The fraction of sp³-hybridized carbons (Fsp3) is 0.600. The molecule has 1 aromatic rings. The Hall–Kier alpha value is -0.710. The maximum Gasteiger partial charge on any atom is 0.0653 e. The van der Waals surface area contributed by atoms with Gasteiger partial charge in [-0.3, -0.25) is 0 Å². The van der Waals surface area contributed by atoms with Gasteiger partial charge in [0.05, 0.1) is 5.60 Å². The van der Waals surface area contributed by atoms with Gasteiger partial charge in [-0.2, -0.15) is 0 Å². The van der Waals surface area contributed by atoms with Gasteiger partial charge in [0.1, 0.15) is 0 Å². The second-order valence-corrected chi connectivity index (χ2v) is 6.68. The average Bonchev–Trinajstić information content (AvgIpc) is 2.39. The van der Waals surface area contributed by atoms with Crippen molar-refractivity contribution < 1.29 is 5.11 Å². The van der Waals surface area contributed by atoms with Gasteiger partial charge in [-0.05, 0) is 37.7 Å². The van der Waals surface area contributed by atoms with Crippen LogP contribution in [-0.2, 0) is 6.54 Å². The third kappa shape index (κ3) is 3.44. The smallest absolute Gasteiger partial charge is 0.0653 e. The van der Waals surface area contributed by atoms with Crippen LogP contribution in [-0.4, -0.2) is 29.5 Å². The third-order valence-electron chi connectivity index (χ3n) is 3.79. The summed E-state index contributed by atoms with van der Waals surface area (Å²) in [5.41, 5.74) is 7.94. The van der Waals surface area contributed by atoms with Crippen molar-refractivity contribution in [3.05, 3.63) is 23.8 Å². The molecule has 2 rings (SSSR count). The number of benzene rings is 1. The second kappa shape index (κ2) is 6.16. The normalized spacial score (nSPS) is 18.6. The highest BCUT2D eigenvalue weighted by atomic mass is 32.2. The van der Waals surface area contributed by atoms with Crippen molar-refractivity contribution in [2.75, 3.05) is 23.7 Å². The van der Waals surface area contributed by atoms with Crippen LogP contribution in [0.4, 0.5) is 5.69 Å². The summed E-state index contributed by atoms with van der Waals surface area (Å²) in [5, 5.41) is 10.0.